The highest BCUT2D eigenvalue weighted by molar-refractivity contribution is 14.1. The lowest BCUT2D eigenvalue weighted by Crippen LogP contribution is -2.39. The number of rotatable bonds is 2. The molecule has 3 atom stereocenters. The highest BCUT2D eigenvalue weighted by Gasteiger charge is 2.59. The van der Waals surface area contributed by atoms with Gasteiger partial charge < -0.3 is 20.7 Å². The molecule has 114 valence electrons. The van der Waals surface area contributed by atoms with E-state index in [0.29, 0.717) is 8.96 Å². The Balaban J connectivity index is 2.15. The van der Waals surface area contributed by atoms with Crippen LogP contribution in [0.1, 0.15) is 6.23 Å². The Hall–Kier alpha value is -1.11. The average Bonchev–Trinajstić information content (AvgIpc) is 2.87. The van der Waals surface area contributed by atoms with Crippen molar-refractivity contribution >= 4 is 39.4 Å². The minimum atomic E-state index is -3.57. The van der Waals surface area contributed by atoms with E-state index in [1.54, 1.807) is 0 Å². The van der Waals surface area contributed by atoms with Crippen LogP contribution < -0.4 is 5.73 Å². The third-order valence-electron chi connectivity index (χ3n) is 3.40. The molecular weight excluding hydrogens is 401 g/mol. The molecule has 0 saturated carbocycles. The summed E-state index contributed by atoms with van der Waals surface area (Å²) in [7, 11) is 0. The summed E-state index contributed by atoms with van der Waals surface area (Å²) in [6, 6.07) is 0. The quantitative estimate of drug-likeness (QED) is 0.621. The van der Waals surface area contributed by atoms with Gasteiger partial charge in [0.05, 0.1) is 12.0 Å². The number of alkyl halides is 2. The Morgan fingerprint density at radius 1 is 1.48 bits per heavy atom. The van der Waals surface area contributed by atoms with Gasteiger partial charge in [-0.05, 0) is 22.6 Å². The molecule has 0 radical (unpaired) electrons. The zero-order valence-electron chi connectivity index (χ0n) is 10.4. The normalized spacial score (nSPS) is 28.3. The van der Waals surface area contributed by atoms with Gasteiger partial charge >= 0.3 is 5.92 Å². The molecule has 1 fully saturated rings. The highest BCUT2D eigenvalue weighted by Crippen LogP contribution is 2.44. The Morgan fingerprint density at radius 3 is 2.81 bits per heavy atom. The summed E-state index contributed by atoms with van der Waals surface area (Å²) < 4.78 is 35.1. The number of aliphatic hydroxyl groups is 2. The van der Waals surface area contributed by atoms with Crippen molar-refractivity contribution in [3.05, 3.63) is 16.1 Å². The summed E-state index contributed by atoms with van der Waals surface area (Å²) in [6.45, 7) is -0.708. The second kappa shape index (κ2) is 4.97. The molecule has 0 amide bonds. The predicted octanol–water partition coefficient (Wildman–Crippen LogP) is 0.504. The number of anilines is 1. The van der Waals surface area contributed by atoms with Crippen LogP contribution in [0.25, 0.3) is 11.0 Å². The van der Waals surface area contributed by atoms with Crippen LogP contribution >= 0.6 is 22.6 Å². The first-order valence-electron chi connectivity index (χ1n) is 5.96. The molecule has 0 unspecified atom stereocenters. The molecule has 0 spiro atoms. The second-order valence-electron chi connectivity index (χ2n) is 4.67. The van der Waals surface area contributed by atoms with Gasteiger partial charge in [0, 0.05) is 9.77 Å². The summed E-state index contributed by atoms with van der Waals surface area (Å²) in [5, 5.41) is 19.0. The van der Waals surface area contributed by atoms with Gasteiger partial charge in [-0.2, -0.15) is 8.78 Å². The van der Waals surface area contributed by atoms with E-state index in [2.05, 4.69) is 9.97 Å². The van der Waals surface area contributed by atoms with Crippen molar-refractivity contribution < 1.29 is 23.7 Å². The predicted molar refractivity (Wildman–Crippen MR) is 76.6 cm³/mol. The molecule has 0 aromatic carbocycles. The van der Waals surface area contributed by atoms with E-state index in [0.717, 1.165) is 10.9 Å². The fourth-order valence-electron chi connectivity index (χ4n) is 2.36. The van der Waals surface area contributed by atoms with E-state index in [1.807, 2.05) is 22.6 Å². The number of fused-ring (bicyclic) bond motifs is 1. The van der Waals surface area contributed by atoms with Gasteiger partial charge in [-0.1, -0.05) is 0 Å². The number of nitrogen functional groups attached to an aromatic ring is 1. The van der Waals surface area contributed by atoms with Crippen molar-refractivity contribution in [2.75, 3.05) is 12.3 Å². The Morgan fingerprint density at radius 2 is 2.19 bits per heavy atom. The van der Waals surface area contributed by atoms with Crippen molar-refractivity contribution in [3.8, 4) is 0 Å². The maximum absolute atomic E-state index is 14.2. The number of ether oxygens (including phenoxy) is 1. The molecule has 21 heavy (non-hydrogen) atoms. The average molecular weight is 412 g/mol. The number of hydrogen-bond acceptors (Lipinski definition) is 6. The molecule has 2 aromatic rings. The highest BCUT2D eigenvalue weighted by atomic mass is 127. The molecule has 4 N–H and O–H groups in total. The Bertz CT molecular complexity index is 695. The first-order chi connectivity index (χ1) is 9.87. The van der Waals surface area contributed by atoms with Crippen molar-refractivity contribution in [1.29, 1.82) is 0 Å². The molecule has 1 aliphatic rings. The van der Waals surface area contributed by atoms with Gasteiger partial charge in [0.2, 0.25) is 6.23 Å². The summed E-state index contributed by atoms with van der Waals surface area (Å²) >= 11 is 1.93. The topological polar surface area (TPSA) is 106 Å². The van der Waals surface area contributed by atoms with Crippen molar-refractivity contribution in [2.45, 2.75) is 24.4 Å². The molecule has 7 nitrogen and oxygen atoms in total. The lowest BCUT2D eigenvalue weighted by Gasteiger charge is -2.21. The van der Waals surface area contributed by atoms with E-state index in [4.69, 9.17) is 15.6 Å². The molecule has 0 bridgehead atoms. The maximum Gasteiger partial charge on any atom is 0.320 e. The molecule has 3 heterocycles. The van der Waals surface area contributed by atoms with Gasteiger partial charge in [0.1, 0.15) is 23.9 Å². The van der Waals surface area contributed by atoms with Crippen LogP contribution in [0.2, 0.25) is 0 Å². The fraction of sp³-hybridized carbons (Fsp3) is 0.455. The van der Waals surface area contributed by atoms with Crippen LogP contribution in [-0.2, 0) is 4.74 Å². The molecule has 10 heteroatoms. The van der Waals surface area contributed by atoms with Crippen molar-refractivity contribution in [2.24, 2.45) is 0 Å². The minimum absolute atomic E-state index is 0.170. The third-order valence-corrected chi connectivity index (χ3v) is 4.22. The van der Waals surface area contributed by atoms with E-state index in [1.165, 1.54) is 6.20 Å². The van der Waals surface area contributed by atoms with E-state index >= 15 is 0 Å². The minimum Gasteiger partial charge on any atom is -0.394 e. The fourth-order valence-corrected chi connectivity index (χ4v) is 3.18. The number of aliphatic hydroxyl groups excluding tert-OH is 2. The molecule has 1 saturated heterocycles. The van der Waals surface area contributed by atoms with Gasteiger partial charge in [-0.25, -0.2) is 9.97 Å². The van der Waals surface area contributed by atoms with Crippen LogP contribution in [0.5, 0.6) is 0 Å². The zero-order valence-corrected chi connectivity index (χ0v) is 12.6. The van der Waals surface area contributed by atoms with Crippen LogP contribution in [0.15, 0.2) is 12.5 Å². The third kappa shape index (κ3) is 2.08. The molecule has 0 aliphatic carbocycles. The standard InChI is InChI=1S/C11H11F2IN4O3/c12-11(13)7(20)5(2-19)21-10(11)18-1-4(14)6-8(15)16-3-17-9(6)18/h1,3,5,7,10,19-20H,2H2,(H2,15,16,17)/t5-,7-,10+/m1/s1. The SMILES string of the molecule is Nc1ncnc2c1c(I)cn2[C@H]1O[C@H](CO)[C@@H](O)C1(F)F. The van der Waals surface area contributed by atoms with Crippen LogP contribution in [0, 0.1) is 3.57 Å². The summed E-state index contributed by atoms with van der Waals surface area (Å²) in [6.07, 6.45) is -2.66. The summed E-state index contributed by atoms with van der Waals surface area (Å²) in [5.74, 6) is -3.40. The lowest BCUT2D eigenvalue weighted by atomic mass is 10.1. The Labute approximate surface area is 130 Å². The first kappa shape index (κ1) is 14.8. The summed E-state index contributed by atoms with van der Waals surface area (Å²) in [5.41, 5.74) is 5.91. The maximum atomic E-state index is 14.2. The van der Waals surface area contributed by atoms with Crippen molar-refractivity contribution in [1.82, 2.24) is 14.5 Å². The number of nitrogens with two attached hydrogens (primary N) is 1. The zero-order chi connectivity index (χ0) is 15.4. The molecular formula is C11H11F2IN4O3. The summed E-state index contributed by atoms with van der Waals surface area (Å²) in [4.78, 5) is 7.78. The van der Waals surface area contributed by atoms with Gasteiger partial charge in [-0.15, -0.1) is 0 Å². The van der Waals surface area contributed by atoms with Crippen LogP contribution in [-0.4, -0.2) is 49.5 Å². The monoisotopic (exact) mass is 412 g/mol. The molecule has 3 rings (SSSR count). The number of hydrogen-bond donors (Lipinski definition) is 3. The van der Waals surface area contributed by atoms with Crippen LogP contribution in [0.3, 0.4) is 0 Å². The van der Waals surface area contributed by atoms with E-state index in [9.17, 15) is 13.9 Å². The van der Waals surface area contributed by atoms with Gasteiger partial charge in [-0.3, -0.25) is 4.57 Å². The second-order valence-corrected chi connectivity index (χ2v) is 5.83. The first-order valence-corrected chi connectivity index (χ1v) is 7.04. The smallest absolute Gasteiger partial charge is 0.320 e. The lowest BCUT2D eigenvalue weighted by molar-refractivity contribution is -0.138. The van der Waals surface area contributed by atoms with Gasteiger partial charge in [0.25, 0.3) is 0 Å². The number of aromatic nitrogens is 3. The molecule has 2 aromatic heterocycles. The number of nitrogens with zero attached hydrogens (tertiary/aromatic N) is 3. The number of halogens is 3. The van der Waals surface area contributed by atoms with Crippen LogP contribution in [0.4, 0.5) is 14.6 Å². The van der Waals surface area contributed by atoms with E-state index in [-0.39, 0.29) is 11.5 Å². The molecule has 1 aliphatic heterocycles. The largest absolute Gasteiger partial charge is 0.394 e. The van der Waals surface area contributed by atoms with Crippen molar-refractivity contribution in [3.63, 3.8) is 0 Å². The van der Waals surface area contributed by atoms with Gasteiger partial charge in [0.15, 0.2) is 6.10 Å². The Kier molecular flexibility index (Phi) is 3.50. The van der Waals surface area contributed by atoms with E-state index < -0.39 is 31.0 Å².